The molecule has 0 aromatic carbocycles. The standard InChI is InChI=1S/C23H38N4O2/c1-25(2)21(28)15-26-5-3-19-13-27(14-20(19)4-6-26)22(29)24-23-10-16-7-17(11-23)9-18(8-16)12-23/h16-20H,3-15H2,1-2H3,(H,24,29)/t16?,17?,18?,19-,20+,23?. The molecule has 6 fully saturated rings. The van der Waals surface area contributed by atoms with Crippen LogP contribution in [0.25, 0.3) is 0 Å². The molecule has 6 aliphatic rings. The molecule has 0 aromatic heterocycles. The largest absolute Gasteiger partial charge is 0.348 e. The van der Waals surface area contributed by atoms with Crippen LogP contribution in [0.4, 0.5) is 4.79 Å². The van der Waals surface area contributed by atoms with Crippen molar-refractivity contribution < 1.29 is 9.59 Å². The van der Waals surface area contributed by atoms with Gasteiger partial charge in [-0.25, -0.2) is 4.79 Å². The van der Waals surface area contributed by atoms with Crippen molar-refractivity contribution in [2.24, 2.45) is 29.6 Å². The van der Waals surface area contributed by atoms with Crippen LogP contribution in [0.1, 0.15) is 51.4 Å². The first kappa shape index (κ1) is 19.7. The molecule has 0 aromatic rings. The molecule has 6 heteroatoms. The van der Waals surface area contributed by atoms with Gasteiger partial charge in [0.1, 0.15) is 0 Å². The summed E-state index contributed by atoms with van der Waals surface area (Å²) >= 11 is 0. The van der Waals surface area contributed by atoms with Gasteiger partial charge in [-0.3, -0.25) is 9.69 Å². The van der Waals surface area contributed by atoms with Crippen LogP contribution in [0.5, 0.6) is 0 Å². The van der Waals surface area contributed by atoms with E-state index < -0.39 is 0 Å². The number of nitrogens with one attached hydrogen (secondary N) is 1. The second-order valence-electron chi connectivity index (χ2n) is 11.2. The van der Waals surface area contributed by atoms with E-state index in [0.717, 1.165) is 56.8 Å². The number of carbonyl (C=O) groups is 2. The summed E-state index contributed by atoms with van der Waals surface area (Å²) < 4.78 is 0. The van der Waals surface area contributed by atoms with Gasteiger partial charge in [-0.15, -0.1) is 0 Å². The predicted molar refractivity (Wildman–Crippen MR) is 112 cm³/mol. The normalized spacial score (nSPS) is 41.2. The zero-order valence-electron chi connectivity index (χ0n) is 18.2. The molecule has 4 bridgehead atoms. The Morgan fingerprint density at radius 3 is 1.93 bits per heavy atom. The second kappa shape index (κ2) is 7.44. The lowest BCUT2D eigenvalue weighted by atomic mass is 9.53. The molecule has 162 valence electrons. The summed E-state index contributed by atoms with van der Waals surface area (Å²) in [5, 5.41) is 3.57. The summed E-state index contributed by atoms with van der Waals surface area (Å²) in [5.74, 6) is 3.97. The van der Waals surface area contributed by atoms with Gasteiger partial charge in [-0.2, -0.15) is 0 Å². The number of likely N-dealkylation sites (N-methyl/N-ethyl adjacent to an activating group) is 1. The van der Waals surface area contributed by atoms with E-state index in [1.807, 2.05) is 14.1 Å². The van der Waals surface area contributed by atoms with Crippen LogP contribution in [-0.4, -0.2) is 79.0 Å². The quantitative estimate of drug-likeness (QED) is 0.789. The molecule has 2 saturated heterocycles. The number of fused-ring (bicyclic) bond motifs is 1. The van der Waals surface area contributed by atoms with Crippen LogP contribution in [0.2, 0.25) is 0 Å². The molecule has 2 atom stereocenters. The van der Waals surface area contributed by atoms with Crippen LogP contribution in [0.15, 0.2) is 0 Å². The average Bonchev–Trinajstić information content (AvgIpc) is 2.97. The van der Waals surface area contributed by atoms with Crippen LogP contribution in [0.3, 0.4) is 0 Å². The first-order valence-electron chi connectivity index (χ1n) is 11.9. The molecule has 2 aliphatic heterocycles. The number of likely N-dealkylation sites (tertiary alicyclic amines) is 2. The van der Waals surface area contributed by atoms with E-state index in [9.17, 15) is 9.59 Å². The Hall–Kier alpha value is -1.30. The van der Waals surface area contributed by atoms with Crippen LogP contribution < -0.4 is 5.32 Å². The minimum atomic E-state index is 0.111. The molecule has 6 nitrogen and oxygen atoms in total. The van der Waals surface area contributed by atoms with Gasteiger partial charge in [0, 0.05) is 32.7 Å². The third-order valence-electron chi connectivity index (χ3n) is 8.76. The zero-order valence-corrected chi connectivity index (χ0v) is 18.2. The number of carbonyl (C=O) groups excluding carboxylic acids is 2. The Bertz CT molecular complexity index is 612. The molecule has 3 amide bonds. The van der Waals surface area contributed by atoms with Gasteiger partial charge in [0.2, 0.25) is 5.91 Å². The summed E-state index contributed by atoms with van der Waals surface area (Å²) in [6.07, 6.45) is 10.1. The fourth-order valence-corrected chi connectivity index (χ4v) is 7.63. The lowest BCUT2D eigenvalue weighted by Crippen LogP contribution is -2.61. The van der Waals surface area contributed by atoms with Gasteiger partial charge >= 0.3 is 6.03 Å². The van der Waals surface area contributed by atoms with Crippen molar-refractivity contribution in [3.05, 3.63) is 0 Å². The van der Waals surface area contributed by atoms with Gasteiger partial charge in [-0.05, 0) is 94.0 Å². The van der Waals surface area contributed by atoms with E-state index >= 15 is 0 Å². The molecule has 2 heterocycles. The number of hydrogen-bond acceptors (Lipinski definition) is 3. The van der Waals surface area contributed by atoms with Crippen molar-refractivity contribution in [1.29, 1.82) is 0 Å². The van der Waals surface area contributed by atoms with Crippen molar-refractivity contribution in [2.75, 3.05) is 46.8 Å². The minimum absolute atomic E-state index is 0.111. The Morgan fingerprint density at radius 2 is 1.45 bits per heavy atom. The van der Waals surface area contributed by atoms with Crippen LogP contribution in [-0.2, 0) is 4.79 Å². The number of nitrogens with zero attached hydrogens (tertiary/aromatic N) is 3. The first-order valence-corrected chi connectivity index (χ1v) is 11.9. The average molecular weight is 403 g/mol. The van der Waals surface area contributed by atoms with Gasteiger partial charge in [0.25, 0.3) is 0 Å². The Morgan fingerprint density at radius 1 is 0.931 bits per heavy atom. The number of hydrogen-bond donors (Lipinski definition) is 1. The van der Waals surface area contributed by atoms with E-state index in [1.165, 1.54) is 38.5 Å². The fourth-order valence-electron chi connectivity index (χ4n) is 7.63. The lowest BCUT2D eigenvalue weighted by Gasteiger charge is -2.57. The highest BCUT2D eigenvalue weighted by Gasteiger charge is 2.52. The number of amides is 3. The van der Waals surface area contributed by atoms with E-state index in [2.05, 4.69) is 15.1 Å². The maximum atomic E-state index is 13.2. The van der Waals surface area contributed by atoms with Crippen molar-refractivity contribution in [3.8, 4) is 0 Å². The molecule has 0 spiro atoms. The highest BCUT2D eigenvalue weighted by molar-refractivity contribution is 5.77. The monoisotopic (exact) mass is 402 g/mol. The molecule has 4 aliphatic carbocycles. The third-order valence-corrected chi connectivity index (χ3v) is 8.76. The van der Waals surface area contributed by atoms with E-state index in [0.29, 0.717) is 18.4 Å². The Labute approximate surface area is 175 Å². The molecule has 1 N–H and O–H groups in total. The molecule has 0 radical (unpaired) electrons. The molecule has 29 heavy (non-hydrogen) atoms. The van der Waals surface area contributed by atoms with Crippen molar-refractivity contribution >= 4 is 11.9 Å². The number of urea groups is 1. The van der Waals surface area contributed by atoms with Gasteiger partial charge in [0.05, 0.1) is 6.54 Å². The van der Waals surface area contributed by atoms with Gasteiger partial charge in [-0.1, -0.05) is 0 Å². The van der Waals surface area contributed by atoms with Crippen molar-refractivity contribution in [2.45, 2.75) is 56.9 Å². The molecular formula is C23H38N4O2. The fraction of sp³-hybridized carbons (Fsp3) is 0.913. The zero-order chi connectivity index (χ0) is 20.2. The maximum absolute atomic E-state index is 13.2. The van der Waals surface area contributed by atoms with E-state index in [1.54, 1.807) is 4.90 Å². The summed E-state index contributed by atoms with van der Waals surface area (Å²) in [6.45, 7) is 4.29. The van der Waals surface area contributed by atoms with Gasteiger partial charge < -0.3 is 15.1 Å². The molecule has 6 rings (SSSR count). The highest BCUT2D eigenvalue weighted by Crippen LogP contribution is 2.55. The van der Waals surface area contributed by atoms with Crippen molar-refractivity contribution in [1.82, 2.24) is 20.0 Å². The smallest absolute Gasteiger partial charge is 0.317 e. The summed E-state index contributed by atoms with van der Waals surface area (Å²) in [7, 11) is 3.66. The van der Waals surface area contributed by atoms with Gasteiger partial charge in [0.15, 0.2) is 0 Å². The highest BCUT2D eigenvalue weighted by atomic mass is 16.2. The molecule has 0 unspecified atom stereocenters. The first-order chi connectivity index (χ1) is 13.9. The van der Waals surface area contributed by atoms with Crippen LogP contribution >= 0.6 is 0 Å². The topological polar surface area (TPSA) is 55.9 Å². The second-order valence-corrected chi connectivity index (χ2v) is 11.2. The predicted octanol–water partition coefficient (Wildman–Crippen LogP) is 2.40. The molecule has 4 saturated carbocycles. The Kier molecular flexibility index (Phi) is 5.04. The Balaban J connectivity index is 1.15. The molecular weight excluding hydrogens is 364 g/mol. The van der Waals surface area contributed by atoms with Crippen molar-refractivity contribution in [3.63, 3.8) is 0 Å². The number of rotatable bonds is 3. The summed E-state index contributed by atoms with van der Waals surface area (Å²) in [5.41, 5.74) is 0.111. The summed E-state index contributed by atoms with van der Waals surface area (Å²) in [6, 6.07) is 0.208. The SMILES string of the molecule is CN(C)C(=O)CN1CC[C@@H]2CN(C(=O)NC34CC5CC(CC(C5)C3)C4)C[C@@H]2CC1. The minimum Gasteiger partial charge on any atom is -0.348 e. The lowest BCUT2D eigenvalue weighted by molar-refractivity contribution is -0.129. The van der Waals surface area contributed by atoms with Crippen LogP contribution in [0, 0.1) is 29.6 Å². The van der Waals surface area contributed by atoms with E-state index in [4.69, 9.17) is 0 Å². The third kappa shape index (κ3) is 3.89. The maximum Gasteiger partial charge on any atom is 0.317 e. The van der Waals surface area contributed by atoms with E-state index in [-0.39, 0.29) is 17.5 Å². The summed E-state index contributed by atoms with van der Waals surface area (Å²) in [4.78, 5) is 31.3.